The van der Waals surface area contributed by atoms with Crippen molar-refractivity contribution in [2.75, 3.05) is 19.8 Å². The zero-order valence-electron chi connectivity index (χ0n) is 13.3. The van der Waals surface area contributed by atoms with Crippen LogP contribution in [0.4, 0.5) is 4.39 Å². The van der Waals surface area contributed by atoms with Crippen molar-refractivity contribution in [3.8, 4) is 0 Å². The van der Waals surface area contributed by atoms with Gasteiger partial charge in [-0.15, -0.1) is 0 Å². The smallest absolute Gasteiger partial charge is 0.128 e. The second kappa shape index (κ2) is 9.09. The van der Waals surface area contributed by atoms with E-state index in [2.05, 4.69) is 19.2 Å². The molecule has 0 radical (unpaired) electrons. The van der Waals surface area contributed by atoms with Gasteiger partial charge in [-0.05, 0) is 56.8 Å². The molecule has 0 amide bonds. The molecule has 20 heavy (non-hydrogen) atoms. The highest BCUT2D eigenvalue weighted by Gasteiger charge is 2.17. The number of ether oxygens (including phenoxy) is 1. The maximum absolute atomic E-state index is 14.3. The van der Waals surface area contributed by atoms with Gasteiger partial charge in [-0.3, -0.25) is 0 Å². The predicted molar refractivity (Wildman–Crippen MR) is 82.6 cm³/mol. The van der Waals surface area contributed by atoms with Crippen molar-refractivity contribution >= 4 is 0 Å². The van der Waals surface area contributed by atoms with Gasteiger partial charge < -0.3 is 10.1 Å². The first-order chi connectivity index (χ1) is 9.60. The van der Waals surface area contributed by atoms with E-state index in [9.17, 15) is 4.39 Å². The Bertz CT molecular complexity index is 383. The van der Waals surface area contributed by atoms with Gasteiger partial charge in [0.25, 0.3) is 0 Å². The van der Waals surface area contributed by atoms with Crippen LogP contribution in [-0.2, 0) is 4.74 Å². The lowest BCUT2D eigenvalue weighted by Crippen LogP contribution is -2.25. The lowest BCUT2D eigenvalue weighted by atomic mass is 9.96. The second-order valence-electron chi connectivity index (χ2n) is 5.39. The monoisotopic (exact) mass is 281 g/mol. The standard InChI is InChI=1S/C17H28FNO/c1-5-8-19-16(7-10-20-9-6-2)17-14(4)11-13(3)12-15(17)18/h11-12,16,19H,5-10H2,1-4H3. The molecule has 0 fully saturated rings. The first-order valence-corrected chi connectivity index (χ1v) is 7.67. The summed E-state index contributed by atoms with van der Waals surface area (Å²) in [7, 11) is 0. The van der Waals surface area contributed by atoms with Crippen LogP contribution < -0.4 is 5.32 Å². The molecule has 0 aliphatic heterocycles. The van der Waals surface area contributed by atoms with Gasteiger partial charge in [-0.25, -0.2) is 4.39 Å². The van der Waals surface area contributed by atoms with Gasteiger partial charge in [-0.2, -0.15) is 0 Å². The van der Waals surface area contributed by atoms with E-state index in [-0.39, 0.29) is 11.9 Å². The van der Waals surface area contributed by atoms with Crippen LogP contribution in [-0.4, -0.2) is 19.8 Å². The molecule has 0 bridgehead atoms. The summed E-state index contributed by atoms with van der Waals surface area (Å²) in [4.78, 5) is 0. The molecular weight excluding hydrogens is 253 g/mol. The minimum atomic E-state index is -0.105. The SMILES string of the molecule is CCCNC(CCOCCC)c1c(C)cc(C)cc1F. The fourth-order valence-electron chi connectivity index (χ4n) is 2.48. The molecule has 0 aromatic heterocycles. The summed E-state index contributed by atoms with van der Waals surface area (Å²) in [6, 6.07) is 3.70. The van der Waals surface area contributed by atoms with Crippen LogP contribution in [0.3, 0.4) is 0 Å². The molecule has 0 saturated carbocycles. The Kier molecular flexibility index (Phi) is 7.78. The number of halogens is 1. The number of benzene rings is 1. The molecule has 0 spiro atoms. The van der Waals surface area contributed by atoms with Crippen LogP contribution in [0.5, 0.6) is 0 Å². The van der Waals surface area contributed by atoms with E-state index in [0.717, 1.165) is 49.1 Å². The molecule has 1 aromatic carbocycles. The first-order valence-electron chi connectivity index (χ1n) is 7.67. The normalized spacial score (nSPS) is 12.7. The van der Waals surface area contributed by atoms with Gasteiger partial charge in [0.1, 0.15) is 5.82 Å². The molecule has 3 heteroatoms. The summed E-state index contributed by atoms with van der Waals surface area (Å²) >= 11 is 0. The molecule has 0 aliphatic rings. The summed E-state index contributed by atoms with van der Waals surface area (Å²) in [5.74, 6) is -0.105. The maximum atomic E-state index is 14.3. The molecule has 1 rings (SSSR count). The third kappa shape index (κ3) is 5.22. The van der Waals surface area contributed by atoms with Crippen molar-refractivity contribution < 1.29 is 9.13 Å². The zero-order valence-corrected chi connectivity index (χ0v) is 13.3. The van der Waals surface area contributed by atoms with E-state index < -0.39 is 0 Å². The minimum Gasteiger partial charge on any atom is -0.381 e. The van der Waals surface area contributed by atoms with E-state index >= 15 is 0 Å². The molecule has 2 nitrogen and oxygen atoms in total. The molecule has 0 saturated heterocycles. The fourth-order valence-corrected chi connectivity index (χ4v) is 2.48. The van der Waals surface area contributed by atoms with E-state index in [1.807, 2.05) is 19.9 Å². The Morgan fingerprint density at radius 2 is 1.90 bits per heavy atom. The third-order valence-electron chi connectivity index (χ3n) is 3.37. The van der Waals surface area contributed by atoms with Crippen molar-refractivity contribution in [1.82, 2.24) is 5.32 Å². The predicted octanol–water partition coefficient (Wildman–Crippen LogP) is 4.30. The quantitative estimate of drug-likeness (QED) is 0.681. The first kappa shape index (κ1) is 17.1. The lowest BCUT2D eigenvalue weighted by molar-refractivity contribution is 0.124. The maximum Gasteiger partial charge on any atom is 0.128 e. The van der Waals surface area contributed by atoms with Crippen molar-refractivity contribution in [2.24, 2.45) is 0 Å². The summed E-state index contributed by atoms with van der Waals surface area (Å²) < 4.78 is 19.8. The van der Waals surface area contributed by atoms with Crippen LogP contribution in [0.25, 0.3) is 0 Å². The molecule has 114 valence electrons. The highest BCUT2D eigenvalue weighted by atomic mass is 19.1. The van der Waals surface area contributed by atoms with Crippen molar-refractivity contribution in [3.63, 3.8) is 0 Å². The topological polar surface area (TPSA) is 21.3 Å². The van der Waals surface area contributed by atoms with Gasteiger partial charge in [-0.1, -0.05) is 19.9 Å². The summed E-state index contributed by atoms with van der Waals surface area (Å²) in [6.07, 6.45) is 2.87. The molecule has 0 aliphatic carbocycles. The Labute approximate surface area is 122 Å². The molecule has 1 N–H and O–H groups in total. The Hall–Kier alpha value is -0.930. The Balaban J connectivity index is 2.81. The Morgan fingerprint density at radius 3 is 2.50 bits per heavy atom. The molecule has 1 aromatic rings. The molecular formula is C17H28FNO. The largest absolute Gasteiger partial charge is 0.381 e. The van der Waals surface area contributed by atoms with Crippen LogP contribution in [0.15, 0.2) is 12.1 Å². The summed E-state index contributed by atoms with van der Waals surface area (Å²) in [5.41, 5.74) is 2.79. The van der Waals surface area contributed by atoms with Gasteiger partial charge in [0.15, 0.2) is 0 Å². The summed E-state index contributed by atoms with van der Waals surface area (Å²) in [5, 5.41) is 3.44. The minimum absolute atomic E-state index is 0.0346. The van der Waals surface area contributed by atoms with E-state index in [0.29, 0.717) is 6.61 Å². The molecule has 0 heterocycles. The molecule has 1 unspecified atom stereocenters. The van der Waals surface area contributed by atoms with E-state index in [4.69, 9.17) is 4.74 Å². The number of rotatable bonds is 9. The van der Waals surface area contributed by atoms with Crippen LogP contribution in [0.2, 0.25) is 0 Å². The number of hydrogen-bond donors (Lipinski definition) is 1. The highest BCUT2D eigenvalue weighted by Crippen LogP contribution is 2.25. The van der Waals surface area contributed by atoms with E-state index in [1.54, 1.807) is 6.07 Å². The second-order valence-corrected chi connectivity index (χ2v) is 5.39. The Morgan fingerprint density at radius 1 is 1.15 bits per heavy atom. The highest BCUT2D eigenvalue weighted by molar-refractivity contribution is 5.34. The lowest BCUT2D eigenvalue weighted by Gasteiger charge is -2.22. The van der Waals surface area contributed by atoms with Gasteiger partial charge in [0, 0.05) is 24.8 Å². The van der Waals surface area contributed by atoms with Crippen molar-refractivity contribution in [1.29, 1.82) is 0 Å². The number of nitrogens with one attached hydrogen (secondary N) is 1. The van der Waals surface area contributed by atoms with Crippen LogP contribution >= 0.6 is 0 Å². The number of aryl methyl sites for hydroxylation is 2. The van der Waals surface area contributed by atoms with Crippen molar-refractivity contribution in [2.45, 2.75) is 53.0 Å². The zero-order chi connectivity index (χ0) is 15.0. The van der Waals surface area contributed by atoms with Crippen LogP contribution in [0, 0.1) is 19.7 Å². The van der Waals surface area contributed by atoms with Gasteiger partial charge in [0.2, 0.25) is 0 Å². The van der Waals surface area contributed by atoms with Crippen molar-refractivity contribution in [3.05, 3.63) is 34.6 Å². The average molecular weight is 281 g/mol. The number of hydrogen-bond acceptors (Lipinski definition) is 2. The third-order valence-corrected chi connectivity index (χ3v) is 3.37. The fraction of sp³-hybridized carbons (Fsp3) is 0.647. The molecule has 1 atom stereocenters. The van der Waals surface area contributed by atoms with E-state index in [1.165, 1.54) is 0 Å². The average Bonchev–Trinajstić information content (AvgIpc) is 2.38. The van der Waals surface area contributed by atoms with Crippen LogP contribution in [0.1, 0.15) is 55.8 Å². The van der Waals surface area contributed by atoms with Gasteiger partial charge >= 0.3 is 0 Å². The summed E-state index contributed by atoms with van der Waals surface area (Å²) in [6.45, 7) is 10.5. The van der Waals surface area contributed by atoms with Gasteiger partial charge in [0.05, 0.1) is 0 Å².